The Morgan fingerprint density at radius 1 is 1.12 bits per heavy atom. The SMILES string of the molecule is Cc1cc(-n2ccc3nc(N)nc(N)c32)ccc1C1CCNCC1. The van der Waals surface area contributed by atoms with Crippen LogP contribution in [-0.2, 0) is 0 Å². The average Bonchev–Trinajstić information content (AvgIpc) is 2.99. The van der Waals surface area contributed by atoms with Gasteiger partial charge in [-0.05, 0) is 68.1 Å². The van der Waals surface area contributed by atoms with E-state index in [9.17, 15) is 0 Å². The third-order valence-corrected chi connectivity index (χ3v) is 4.89. The highest BCUT2D eigenvalue weighted by molar-refractivity contribution is 5.88. The van der Waals surface area contributed by atoms with Crippen LogP contribution >= 0.6 is 0 Å². The van der Waals surface area contributed by atoms with Gasteiger partial charge in [-0.1, -0.05) is 6.07 Å². The summed E-state index contributed by atoms with van der Waals surface area (Å²) in [6, 6.07) is 8.53. The second-order valence-corrected chi connectivity index (χ2v) is 6.45. The van der Waals surface area contributed by atoms with Crippen molar-refractivity contribution in [2.45, 2.75) is 25.7 Å². The molecular weight excluding hydrogens is 300 g/mol. The molecule has 1 aromatic carbocycles. The van der Waals surface area contributed by atoms with E-state index in [2.05, 4.69) is 40.4 Å². The number of nitrogen functional groups attached to an aromatic ring is 2. The maximum absolute atomic E-state index is 6.07. The van der Waals surface area contributed by atoms with Crippen molar-refractivity contribution in [2.75, 3.05) is 24.6 Å². The largest absolute Gasteiger partial charge is 0.382 e. The maximum atomic E-state index is 6.07. The maximum Gasteiger partial charge on any atom is 0.222 e. The number of rotatable bonds is 2. The van der Waals surface area contributed by atoms with E-state index in [1.165, 1.54) is 24.0 Å². The average molecular weight is 322 g/mol. The Kier molecular flexibility index (Phi) is 3.61. The highest BCUT2D eigenvalue weighted by Crippen LogP contribution is 2.30. The molecule has 3 heterocycles. The smallest absolute Gasteiger partial charge is 0.222 e. The van der Waals surface area contributed by atoms with Crippen molar-refractivity contribution in [3.63, 3.8) is 0 Å². The van der Waals surface area contributed by atoms with Crippen LogP contribution in [-0.4, -0.2) is 27.6 Å². The van der Waals surface area contributed by atoms with E-state index in [0.29, 0.717) is 11.7 Å². The Morgan fingerprint density at radius 2 is 1.92 bits per heavy atom. The van der Waals surface area contributed by atoms with Gasteiger partial charge in [-0.3, -0.25) is 0 Å². The van der Waals surface area contributed by atoms with Gasteiger partial charge < -0.3 is 21.4 Å². The second-order valence-electron chi connectivity index (χ2n) is 6.45. The number of nitrogens with zero attached hydrogens (tertiary/aromatic N) is 3. The summed E-state index contributed by atoms with van der Waals surface area (Å²) >= 11 is 0. The van der Waals surface area contributed by atoms with E-state index in [-0.39, 0.29) is 5.95 Å². The van der Waals surface area contributed by atoms with E-state index in [4.69, 9.17) is 11.5 Å². The number of fused-ring (bicyclic) bond motifs is 1. The Bertz CT molecular complexity index is 892. The van der Waals surface area contributed by atoms with Gasteiger partial charge >= 0.3 is 0 Å². The molecular formula is C18H22N6. The minimum atomic E-state index is 0.204. The molecule has 1 fully saturated rings. The third-order valence-electron chi connectivity index (χ3n) is 4.89. The number of nitrogens with two attached hydrogens (primary N) is 2. The number of benzene rings is 1. The lowest BCUT2D eigenvalue weighted by molar-refractivity contribution is 0.459. The Labute approximate surface area is 140 Å². The van der Waals surface area contributed by atoms with E-state index in [0.717, 1.165) is 29.8 Å². The van der Waals surface area contributed by atoms with Crippen molar-refractivity contribution in [1.29, 1.82) is 0 Å². The molecule has 24 heavy (non-hydrogen) atoms. The second kappa shape index (κ2) is 5.79. The Balaban J connectivity index is 1.76. The molecule has 124 valence electrons. The van der Waals surface area contributed by atoms with Crippen molar-refractivity contribution in [3.05, 3.63) is 41.6 Å². The van der Waals surface area contributed by atoms with Gasteiger partial charge in [0.2, 0.25) is 5.95 Å². The van der Waals surface area contributed by atoms with Crippen LogP contribution in [0.2, 0.25) is 0 Å². The van der Waals surface area contributed by atoms with E-state index < -0.39 is 0 Å². The van der Waals surface area contributed by atoms with Crippen molar-refractivity contribution < 1.29 is 0 Å². The quantitative estimate of drug-likeness (QED) is 0.673. The van der Waals surface area contributed by atoms with Crippen LogP contribution in [0.15, 0.2) is 30.5 Å². The van der Waals surface area contributed by atoms with E-state index >= 15 is 0 Å². The van der Waals surface area contributed by atoms with E-state index in [1.54, 1.807) is 0 Å². The topological polar surface area (TPSA) is 94.8 Å². The molecule has 0 amide bonds. The number of nitrogens with one attached hydrogen (secondary N) is 1. The van der Waals surface area contributed by atoms with Crippen molar-refractivity contribution in [3.8, 4) is 5.69 Å². The zero-order valence-electron chi connectivity index (χ0n) is 13.8. The Morgan fingerprint density at radius 3 is 2.67 bits per heavy atom. The summed E-state index contributed by atoms with van der Waals surface area (Å²) in [6.45, 7) is 4.39. The van der Waals surface area contributed by atoms with Gasteiger partial charge in [-0.2, -0.15) is 4.98 Å². The summed E-state index contributed by atoms with van der Waals surface area (Å²) in [5.41, 5.74) is 17.2. The van der Waals surface area contributed by atoms with Gasteiger partial charge in [-0.15, -0.1) is 0 Å². The molecule has 1 saturated heterocycles. The minimum Gasteiger partial charge on any atom is -0.382 e. The Hall–Kier alpha value is -2.60. The van der Waals surface area contributed by atoms with Gasteiger partial charge in [0.15, 0.2) is 5.82 Å². The highest BCUT2D eigenvalue weighted by Gasteiger charge is 2.18. The summed E-state index contributed by atoms with van der Waals surface area (Å²) in [7, 11) is 0. The number of piperidine rings is 1. The number of hydrogen-bond acceptors (Lipinski definition) is 5. The molecule has 3 aromatic rings. The molecule has 0 saturated carbocycles. The fourth-order valence-corrected chi connectivity index (χ4v) is 3.71. The molecule has 0 bridgehead atoms. The molecule has 6 heteroatoms. The molecule has 5 N–H and O–H groups in total. The number of hydrogen-bond donors (Lipinski definition) is 3. The molecule has 1 aliphatic heterocycles. The lowest BCUT2D eigenvalue weighted by atomic mass is 9.87. The monoisotopic (exact) mass is 322 g/mol. The van der Waals surface area contributed by atoms with Crippen molar-refractivity contribution in [2.24, 2.45) is 0 Å². The van der Waals surface area contributed by atoms with Gasteiger partial charge in [-0.25, -0.2) is 4.98 Å². The molecule has 4 rings (SSSR count). The van der Waals surface area contributed by atoms with Crippen LogP contribution in [0.5, 0.6) is 0 Å². The van der Waals surface area contributed by atoms with Gasteiger partial charge in [0.1, 0.15) is 5.52 Å². The predicted molar refractivity (Wildman–Crippen MR) is 97.3 cm³/mol. The summed E-state index contributed by atoms with van der Waals surface area (Å²) in [6.07, 6.45) is 4.37. The van der Waals surface area contributed by atoms with Crippen LogP contribution in [0.3, 0.4) is 0 Å². The van der Waals surface area contributed by atoms with Crippen LogP contribution in [0.4, 0.5) is 11.8 Å². The molecule has 0 radical (unpaired) electrons. The summed E-state index contributed by atoms with van der Waals surface area (Å²) in [5, 5.41) is 3.43. The third kappa shape index (κ3) is 2.49. The van der Waals surface area contributed by atoms with Crippen LogP contribution < -0.4 is 16.8 Å². The fraction of sp³-hybridized carbons (Fsp3) is 0.333. The first-order chi connectivity index (χ1) is 11.6. The van der Waals surface area contributed by atoms with E-state index in [1.807, 2.05) is 16.8 Å². The number of anilines is 2. The molecule has 2 aromatic heterocycles. The van der Waals surface area contributed by atoms with Crippen LogP contribution in [0, 0.1) is 6.92 Å². The van der Waals surface area contributed by atoms with Crippen molar-refractivity contribution >= 4 is 22.8 Å². The molecule has 0 spiro atoms. The lowest BCUT2D eigenvalue weighted by Crippen LogP contribution is -2.26. The zero-order valence-corrected chi connectivity index (χ0v) is 13.8. The van der Waals surface area contributed by atoms with Gasteiger partial charge in [0, 0.05) is 11.9 Å². The fourth-order valence-electron chi connectivity index (χ4n) is 3.71. The standard InChI is InChI=1S/C18H22N6/c1-11-10-13(2-3-14(11)12-4-7-21-8-5-12)24-9-6-15-16(24)17(19)23-18(20)22-15/h2-3,6,9-10,12,21H,4-5,7-8H2,1H3,(H4,19,20,22,23). The molecule has 0 atom stereocenters. The lowest BCUT2D eigenvalue weighted by Gasteiger charge is -2.25. The van der Waals surface area contributed by atoms with Crippen molar-refractivity contribution in [1.82, 2.24) is 19.9 Å². The first kappa shape index (κ1) is 15.0. The molecule has 6 nitrogen and oxygen atoms in total. The summed E-state index contributed by atoms with van der Waals surface area (Å²) in [4.78, 5) is 8.35. The van der Waals surface area contributed by atoms with Crippen LogP contribution in [0.1, 0.15) is 29.9 Å². The predicted octanol–water partition coefficient (Wildman–Crippen LogP) is 2.36. The minimum absolute atomic E-state index is 0.204. The van der Waals surface area contributed by atoms with Gasteiger partial charge in [0.25, 0.3) is 0 Å². The molecule has 0 unspecified atom stereocenters. The number of aromatic nitrogens is 3. The highest BCUT2D eigenvalue weighted by atomic mass is 15.1. The normalized spacial score (nSPS) is 15.9. The first-order valence-electron chi connectivity index (χ1n) is 8.35. The zero-order chi connectivity index (χ0) is 16.7. The molecule has 0 aliphatic carbocycles. The summed E-state index contributed by atoms with van der Waals surface area (Å²) in [5.74, 6) is 1.26. The van der Waals surface area contributed by atoms with Crippen LogP contribution in [0.25, 0.3) is 16.7 Å². The first-order valence-corrected chi connectivity index (χ1v) is 8.35. The number of aryl methyl sites for hydroxylation is 1. The van der Waals surface area contributed by atoms with Gasteiger partial charge in [0.05, 0.1) is 5.52 Å². The molecule has 1 aliphatic rings. The summed E-state index contributed by atoms with van der Waals surface area (Å²) < 4.78 is 2.03.